The zero-order valence-electron chi connectivity index (χ0n) is 12.5. The van der Waals surface area contributed by atoms with Gasteiger partial charge in [-0.05, 0) is 25.5 Å². The molecule has 1 aromatic heterocycles. The molecule has 1 aromatic carbocycles. The van der Waals surface area contributed by atoms with Gasteiger partial charge in [-0.3, -0.25) is 0 Å². The molecule has 0 saturated heterocycles. The molecule has 1 heterocycles. The SMILES string of the molecule is Cc1cccc(Cc2nnc(CCCNC(C)C)s2)c1. The van der Waals surface area contributed by atoms with E-state index in [-0.39, 0.29) is 0 Å². The molecule has 0 saturated carbocycles. The molecular formula is C16H23N3S. The monoisotopic (exact) mass is 289 g/mol. The first-order valence-corrected chi connectivity index (χ1v) is 8.05. The molecular weight excluding hydrogens is 266 g/mol. The van der Waals surface area contributed by atoms with Crippen LogP contribution in [-0.4, -0.2) is 22.8 Å². The third-order valence-corrected chi connectivity index (χ3v) is 4.05. The van der Waals surface area contributed by atoms with Gasteiger partial charge >= 0.3 is 0 Å². The van der Waals surface area contributed by atoms with Crippen LogP contribution in [-0.2, 0) is 12.8 Å². The fraction of sp³-hybridized carbons (Fsp3) is 0.500. The molecule has 0 fully saturated rings. The van der Waals surface area contributed by atoms with Gasteiger partial charge in [0.15, 0.2) is 0 Å². The number of hydrogen-bond acceptors (Lipinski definition) is 4. The maximum atomic E-state index is 4.30. The van der Waals surface area contributed by atoms with E-state index in [9.17, 15) is 0 Å². The van der Waals surface area contributed by atoms with Crippen LogP contribution in [0.5, 0.6) is 0 Å². The van der Waals surface area contributed by atoms with Gasteiger partial charge in [0.05, 0.1) is 0 Å². The molecule has 0 atom stereocenters. The number of aromatic nitrogens is 2. The molecule has 2 rings (SSSR count). The fourth-order valence-corrected chi connectivity index (χ4v) is 3.01. The Morgan fingerprint density at radius 2 is 2.00 bits per heavy atom. The number of nitrogens with zero attached hydrogens (tertiary/aromatic N) is 2. The van der Waals surface area contributed by atoms with Crippen LogP contribution in [0.4, 0.5) is 0 Å². The van der Waals surface area contributed by atoms with E-state index >= 15 is 0 Å². The highest BCUT2D eigenvalue weighted by Crippen LogP contribution is 2.16. The van der Waals surface area contributed by atoms with Crippen molar-refractivity contribution >= 4 is 11.3 Å². The molecule has 4 heteroatoms. The largest absolute Gasteiger partial charge is 0.315 e. The van der Waals surface area contributed by atoms with Gasteiger partial charge in [-0.2, -0.15) is 0 Å². The van der Waals surface area contributed by atoms with Gasteiger partial charge in [0.2, 0.25) is 0 Å². The lowest BCUT2D eigenvalue weighted by Gasteiger charge is -2.05. The van der Waals surface area contributed by atoms with E-state index in [1.165, 1.54) is 11.1 Å². The second-order valence-electron chi connectivity index (χ2n) is 5.47. The van der Waals surface area contributed by atoms with Gasteiger partial charge in [-0.1, -0.05) is 43.7 Å². The molecule has 3 nitrogen and oxygen atoms in total. The van der Waals surface area contributed by atoms with Gasteiger partial charge in [-0.15, -0.1) is 21.5 Å². The van der Waals surface area contributed by atoms with Crippen LogP contribution in [0.15, 0.2) is 24.3 Å². The Balaban J connectivity index is 1.83. The summed E-state index contributed by atoms with van der Waals surface area (Å²) >= 11 is 1.74. The first kappa shape index (κ1) is 15.1. The van der Waals surface area contributed by atoms with Crippen LogP contribution in [0.25, 0.3) is 0 Å². The van der Waals surface area contributed by atoms with Crippen molar-refractivity contribution in [1.29, 1.82) is 0 Å². The van der Waals surface area contributed by atoms with Crippen molar-refractivity contribution in [3.8, 4) is 0 Å². The molecule has 0 bridgehead atoms. The molecule has 0 aliphatic heterocycles. The van der Waals surface area contributed by atoms with E-state index < -0.39 is 0 Å². The second-order valence-corrected chi connectivity index (χ2v) is 6.61. The van der Waals surface area contributed by atoms with Crippen molar-refractivity contribution < 1.29 is 0 Å². The molecule has 0 amide bonds. The topological polar surface area (TPSA) is 37.8 Å². The standard InChI is InChI=1S/C16H23N3S/c1-12(2)17-9-5-8-15-18-19-16(20-15)11-14-7-4-6-13(3)10-14/h4,6-7,10,12,17H,5,8-9,11H2,1-3H3. The predicted octanol–water partition coefficient (Wildman–Crippen LogP) is 3.37. The van der Waals surface area contributed by atoms with Crippen LogP contribution in [0.2, 0.25) is 0 Å². The average molecular weight is 289 g/mol. The molecule has 0 unspecified atom stereocenters. The first-order valence-electron chi connectivity index (χ1n) is 7.23. The molecule has 2 aromatic rings. The third kappa shape index (κ3) is 5.02. The van der Waals surface area contributed by atoms with Crippen molar-refractivity contribution in [2.75, 3.05) is 6.54 Å². The maximum Gasteiger partial charge on any atom is 0.121 e. The van der Waals surface area contributed by atoms with Gasteiger partial charge < -0.3 is 5.32 Å². The van der Waals surface area contributed by atoms with Crippen molar-refractivity contribution in [1.82, 2.24) is 15.5 Å². The van der Waals surface area contributed by atoms with E-state index in [4.69, 9.17) is 0 Å². The lowest BCUT2D eigenvalue weighted by molar-refractivity contribution is 0.569. The minimum absolute atomic E-state index is 0.557. The van der Waals surface area contributed by atoms with Crippen molar-refractivity contribution in [3.05, 3.63) is 45.4 Å². The summed E-state index contributed by atoms with van der Waals surface area (Å²) < 4.78 is 0. The van der Waals surface area contributed by atoms with E-state index in [2.05, 4.69) is 60.6 Å². The van der Waals surface area contributed by atoms with Crippen LogP contribution < -0.4 is 5.32 Å². The summed E-state index contributed by atoms with van der Waals surface area (Å²) in [5.74, 6) is 0. The van der Waals surface area contributed by atoms with Gasteiger partial charge in [0, 0.05) is 18.9 Å². The average Bonchev–Trinajstić information content (AvgIpc) is 2.82. The highest BCUT2D eigenvalue weighted by atomic mass is 32.1. The Hall–Kier alpha value is -1.26. The second kappa shape index (κ2) is 7.50. The van der Waals surface area contributed by atoms with E-state index in [1.54, 1.807) is 11.3 Å². The molecule has 0 radical (unpaired) electrons. The minimum Gasteiger partial charge on any atom is -0.315 e. The van der Waals surface area contributed by atoms with Crippen molar-refractivity contribution in [2.24, 2.45) is 0 Å². The Morgan fingerprint density at radius 3 is 2.75 bits per heavy atom. The smallest absolute Gasteiger partial charge is 0.121 e. The van der Waals surface area contributed by atoms with E-state index in [0.29, 0.717) is 6.04 Å². The molecule has 20 heavy (non-hydrogen) atoms. The lowest BCUT2D eigenvalue weighted by atomic mass is 10.1. The summed E-state index contributed by atoms with van der Waals surface area (Å²) in [5.41, 5.74) is 2.61. The van der Waals surface area contributed by atoms with Crippen molar-refractivity contribution in [3.63, 3.8) is 0 Å². The summed E-state index contributed by atoms with van der Waals surface area (Å²) in [6.07, 6.45) is 3.03. The van der Waals surface area contributed by atoms with E-state index in [1.807, 2.05) is 0 Å². The van der Waals surface area contributed by atoms with Crippen LogP contribution >= 0.6 is 11.3 Å². The Morgan fingerprint density at radius 1 is 1.20 bits per heavy atom. The van der Waals surface area contributed by atoms with Crippen LogP contribution in [0.1, 0.15) is 41.4 Å². The number of hydrogen-bond donors (Lipinski definition) is 1. The van der Waals surface area contributed by atoms with Gasteiger partial charge in [0.25, 0.3) is 0 Å². The Bertz CT molecular complexity index is 534. The van der Waals surface area contributed by atoms with Gasteiger partial charge in [0.1, 0.15) is 10.0 Å². The minimum atomic E-state index is 0.557. The highest BCUT2D eigenvalue weighted by Gasteiger charge is 2.05. The molecule has 0 spiro atoms. The molecule has 108 valence electrons. The molecule has 0 aliphatic carbocycles. The van der Waals surface area contributed by atoms with Crippen molar-refractivity contribution in [2.45, 2.75) is 46.1 Å². The summed E-state index contributed by atoms with van der Waals surface area (Å²) in [4.78, 5) is 0. The predicted molar refractivity (Wildman–Crippen MR) is 85.4 cm³/mol. The Kier molecular flexibility index (Phi) is 5.68. The molecule has 0 aliphatic rings. The highest BCUT2D eigenvalue weighted by molar-refractivity contribution is 7.11. The van der Waals surface area contributed by atoms with Gasteiger partial charge in [-0.25, -0.2) is 0 Å². The van der Waals surface area contributed by atoms with E-state index in [0.717, 1.165) is 35.8 Å². The number of aryl methyl sites for hydroxylation is 2. The normalized spacial score (nSPS) is 11.2. The first-order chi connectivity index (χ1) is 9.63. The lowest BCUT2D eigenvalue weighted by Crippen LogP contribution is -2.23. The number of benzene rings is 1. The van der Waals surface area contributed by atoms with Crippen LogP contribution in [0, 0.1) is 6.92 Å². The third-order valence-electron chi connectivity index (χ3n) is 3.07. The Labute approximate surface area is 125 Å². The summed E-state index contributed by atoms with van der Waals surface area (Å²) in [5, 5.41) is 14.3. The summed E-state index contributed by atoms with van der Waals surface area (Å²) in [6, 6.07) is 9.15. The van der Waals surface area contributed by atoms with Crippen LogP contribution in [0.3, 0.4) is 0 Å². The fourth-order valence-electron chi connectivity index (χ4n) is 2.09. The molecule has 1 N–H and O–H groups in total. The quantitative estimate of drug-likeness (QED) is 0.794. The summed E-state index contributed by atoms with van der Waals surface area (Å²) in [7, 11) is 0. The summed E-state index contributed by atoms with van der Waals surface area (Å²) in [6.45, 7) is 7.51. The maximum absolute atomic E-state index is 4.30. The zero-order chi connectivity index (χ0) is 14.4. The number of nitrogens with one attached hydrogen (secondary N) is 1. The number of rotatable bonds is 7. The zero-order valence-corrected chi connectivity index (χ0v) is 13.3.